The molecule has 2 aromatic rings. The second-order valence-corrected chi connectivity index (χ2v) is 16.2. The fourth-order valence-corrected chi connectivity index (χ4v) is 8.07. The first-order valence-corrected chi connectivity index (χ1v) is 20.3. The van der Waals surface area contributed by atoms with Gasteiger partial charge in [-0.05, 0) is 49.6 Å². The summed E-state index contributed by atoms with van der Waals surface area (Å²) in [7, 11) is 6.79. The van der Waals surface area contributed by atoms with E-state index in [4.69, 9.17) is 15.2 Å². The number of amides is 4. The number of primary amides is 1. The fraction of sp³-hybridized carbons (Fsp3) is 0.683. The van der Waals surface area contributed by atoms with E-state index in [0.29, 0.717) is 19.4 Å². The molecule has 1 saturated heterocycles. The first-order chi connectivity index (χ1) is 25.6. The largest absolute Gasteiger partial charge is 0.379 e. The van der Waals surface area contributed by atoms with E-state index in [-0.39, 0.29) is 72.0 Å². The molecule has 1 aromatic heterocycles. The molecule has 1 fully saturated rings. The van der Waals surface area contributed by atoms with Crippen LogP contribution in [0.1, 0.15) is 97.2 Å². The Morgan fingerprint density at radius 2 is 1.70 bits per heavy atom. The zero-order valence-corrected chi connectivity index (χ0v) is 35.4. The van der Waals surface area contributed by atoms with Crippen molar-refractivity contribution in [3.05, 3.63) is 52.5 Å². The molecule has 4 N–H and O–H groups in total. The second-order valence-electron chi connectivity index (χ2n) is 15.3. The fourth-order valence-electron chi connectivity index (χ4n) is 7.38. The molecule has 1 aromatic carbocycles. The number of nitrogens with zero attached hydrogens (tertiary/aromatic N) is 3. The second kappa shape index (κ2) is 23.5. The van der Waals surface area contributed by atoms with Crippen molar-refractivity contribution in [3.8, 4) is 0 Å². The van der Waals surface area contributed by atoms with Gasteiger partial charge in [-0.2, -0.15) is 0 Å². The lowest BCUT2D eigenvalue weighted by atomic mass is 9.90. The maximum Gasteiger partial charge on any atom is 0.234 e. The maximum absolute atomic E-state index is 13.9. The summed E-state index contributed by atoms with van der Waals surface area (Å²) >= 11 is 1.52. The quantitative estimate of drug-likeness (QED) is 0.165. The van der Waals surface area contributed by atoms with Crippen LogP contribution in [0, 0.1) is 23.7 Å². The number of methoxy groups -OCH3 is 2. The van der Waals surface area contributed by atoms with E-state index in [1.54, 1.807) is 32.4 Å². The van der Waals surface area contributed by atoms with E-state index < -0.39 is 18.1 Å². The molecular formula is C41H68N6O6S. The topological polar surface area (TPSA) is 156 Å². The molecule has 0 bridgehead atoms. The maximum atomic E-state index is 13.9. The van der Waals surface area contributed by atoms with Crippen molar-refractivity contribution in [2.75, 3.05) is 34.9 Å². The number of aromatic nitrogens is 1. The van der Waals surface area contributed by atoms with Crippen LogP contribution in [0.3, 0.4) is 0 Å². The van der Waals surface area contributed by atoms with Crippen LogP contribution in [-0.2, 0) is 35.1 Å². The Labute approximate surface area is 328 Å². The van der Waals surface area contributed by atoms with Crippen LogP contribution < -0.4 is 16.4 Å². The molecule has 1 aliphatic rings. The smallest absolute Gasteiger partial charge is 0.234 e. The zero-order chi connectivity index (χ0) is 40.5. The Kier molecular flexibility index (Phi) is 20.4. The van der Waals surface area contributed by atoms with Crippen molar-refractivity contribution in [3.63, 3.8) is 0 Å². The Morgan fingerprint density at radius 3 is 2.19 bits per heavy atom. The van der Waals surface area contributed by atoms with Crippen LogP contribution in [0.15, 0.2) is 41.9 Å². The summed E-state index contributed by atoms with van der Waals surface area (Å²) in [6.45, 7) is 14.6. The Balaban J connectivity index is 0.000000990. The zero-order valence-electron chi connectivity index (χ0n) is 34.5. The highest BCUT2D eigenvalue weighted by Gasteiger charge is 2.42. The SMILES string of the molecule is CCC(C)C(C(CC(=O)N1CCCC1C(OC)C(C)C(=O)NC(Cc1ccccc1)c1nccs1)OC)N(C)C(=O)CC(C)C.CNC(C(N)=O)C(C)C. The molecule has 0 spiro atoms. The third kappa shape index (κ3) is 13.7. The number of likely N-dealkylation sites (N-methyl/N-ethyl adjacent to an activating group) is 2. The summed E-state index contributed by atoms with van der Waals surface area (Å²) in [4.78, 5) is 59.4. The molecule has 54 heavy (non-hydrogen) atoms. The normalized spacial score (nSPS) is 18.2. The summed E-state index contributed by atoms with van der Waals surface area (Å²) in [5.41, 5.74) is 6.16. The molecule has 0 aliphatic carbocycles. The van der Waals surface area contributed by atoms with Crippen molar-refractivity contribution < 1.29 is 28.7 Å². The molecule has 8 atom stereocenters. The minimum Gasteiger partial charge on any atom is -0.379 e. The van der Waals surface area contributed by atoms with Gasteiger partial charge in [0.1, 0.15) is 5.01 Å². The van der Waals surface area contributed by atoms with Crippen molar-refractivity contribution in [2.24, 2.45) is 29.4 Å². The first kappa shape index (κ1) is 46.8. The van der Waals surface area contributed by atoms with Gasteiger partial charge < -0.3 is 35.6 Å². The van der Waals surface area contributed by atoms with Gasteiger partial charge in [-0.1, -0.05) is 85.2 Å². The van der Waals surface area contributed by atoms with Gasteiger partial charge in [0, 0.05) is 45.8 Å². The highest BCUT2D eigenvalue weighted by Crippen LogP contribution is 2.30. The first-order valence-electron chi connectivity index (χ1n) is 19.4. The molecule has 1 aliphatic heterocycles. The summed E-state index contributed by atoms with van der Waals surface area (Å²) in [6.07, 6.45) is 4.50. The van der Waals surface area contributed by atoms with Gasteiger partial charge in [0.15, 0.2) is 0 Å². The van der Waals surface area contributed by atoms with Gasteiger partial charge in [0.05, 0.1) is 48.7 Å². The van der Waals surface area contributed by atoms with E-state index in [2.05, 4.69) is 29.5 Å². The van der Waals surface area contributed by atoms with Crippen molar-refractivity contribution in [2.45, 2.75) is 123 Å². The van der Waals surface area contributed by atoms with Crippen molar-refractivity contribution in [1.82, 2.24) is 25.4 Å². The van der Waals surface area contributed by atoms with Gasteiger partial charge in [-0.25, -0.2) is 4.98 Å². The third-order valence-electron chi connectivity index (χ3n) is 10.5. The van der Waals surface area contributed by atoms with Crippen molar-refractivity contribution in [1.29, 1.82) is 0 Å². The molecule has 4 amide bonds. The molecule has 304 valence electrons. The summed E-state index contributed by atoms with van der Waals surface area (Å²) in [6, 6.07) is 9.13. The predicted octanol–water partition coefficient (Wildman–Crippen LogP) is 5.23. The summed E-state index contributed by atoms with van der Waals surface area (Å²) < 4.78 is 11.9. The van der Waals surface area contributed by atoms with Gasteiger partial charge in [0.25, 0.3) is 0 Å². The van der Waals surface area contributed by atoms with Crippen LogP contribution in [0.5, 0.6) is 0 Å². The van der Waals surface area contributed by atoms with Gasteiger partial charge in [0.2, 0.25) is 23.6 Å². The molecular weight excluding hydrogens is 705 g/mol. The number of hydrogen-bond acceptors (Lipinski definition) is 9. The lowest BCUT2D eigenvalue weighted by molar-refractivity contribution is -0.146. The molecule has 8 unspecified atom stereocenters. The van der Waals surface area contributed by atoms with Crippen LogP contribution in [0.2, 0.25) is 0 Å². The number of carbonyl (C=O) groups excluding carboxylic acids is 4. The molecule has 2 heterocycles. The average molecular weight is 773 g/mol. The van der Waals surface area contributed by atoms with Gasteiger partial charge in [-0.3, -0.25) is 19.2 Å². The Morgan fingerprint density at radius 1 is 1.04 bits per heavy atom. The molecule has 12 nitrogen and oxygen atoms in total. The third-order valence-corrected chi connectivity index (χ3v) is 11.4. The highest BCUT2D eigenvalue weighted by atomic mass is 32.1. The van der Waals surface area contributed by atoms with E-state index in [1.807, 2.05) is 82.3 Å². The number of ether oxygens (including phenoxy) is 2. The number of likely N-dealkylation sites (tertiary alicyclic amines) is 1. The lowest BCUT2D eigenvalue weighted by Gasteiger charge is -2.39. The van der Waals surface area contributed by atoms with E-state index >= 15 is 0 Å². The molecule has 3 rings (SSSR count). The predicted molar refractivity (Wildman–Crippen MR) is 216 cm³/mol. The number of hydrogen-bond donors (Lipinski definition) is 3. The van der Waals surface area contributed by atoms with Gasteiger partial charge >= 0.3 is 0 Å². The molecule has 0 radical (unpaired) electrons. The number of carbonyl (C=O) groups is 4. The average Bonchev–Trinajstić information content (AvgIpc) is 3.85. The Hall–Kier alpha value is -3.39. The van der Waals surface area contributed by atoms with E-state index in [9.17, 15) is 19.2 Å². The van der Waals surface area contributed by atoms with Crippen LogP contribution in [0.25, 0.3) is 0 Å². The minimum absolute atomic E-state index is 0.0400. The molecule has 13 heteroatoms. The van der Waals surface area contributed by atoms with Crippen LogP contribution in [-0.4, -0.2) is 104 Å². The monoisotopic (exact) mass is 772 g/mol. The summed E-state index contributed by atoms with van der Waals surface area (Å²) in [5.74, 6) is -0.235. The van der Waals surface area contributed by atoms with Crippen LogP contribution in [0.4, 0.5) is 0 Å². The number of nitrogens with one attached hydrogen (secondary N) is 2. The standard InChI is InChI=1S/C35H54N4O5S.C6H14N2O/c1-9-24(4)32(38(6)30(40)20-23(2)3)29(43-7)22-31(41)39-18-13-16-28(39)33(44-8)25(5)34(42)37-27(35-36-17-19-45-35)21-26-14-11-10-12-15-26;1-4(2)5(8-3)6(7)9/h10-12,14-15,17,19,23-25,27-29,32-33H,9,13,16,18,20-22H2,1-8H3,(H,37,42);4-5,8H,1-3H3,(H2,7,9). The molecule has 0 saturated carbocycles. The number of thiazole rings is 1. The highest BCUT2D eigenvalue weighted by molar-refractivity contribution is 7.09. The number of nitrogens with two attached hydrogens (primary N) is 1. The number of benzene rings is 1. The van der Waals surface area contributed by atoms with Crippen LogP contribution >= 0.6 is 11.3 Å². The van der Waals surface area contributed by atoms with Crippen molar-refractivity contribution >= 4 is 35.0 Å². The summed E-state index contributed by atoms with van der Waals surface area (Å²) in [5, 5.41) is 8.82. The minimum atomic E-state index is -0.502. The number of rotatable bonds is 20. The van der Waals surface area contributed by atoms with Gasteiger partial charge in [-0.15, -0.1) is 11.3 Å². The Bertz CT molecular complexity index is 1410. The van der Waals surface area contributed by atoms with E-state index in [1.165, 1.54) is 11.3 Å². The van der Waals surface area contributed by atoms with E-state index in [0.717, 1.165) is 29.8 Å². The lowest BCUT2D eigenvalue weighted by Crippen LogP contribution is -2.53.